The third-order valence-corrected chi connectivity index (χ3v) is 5.72. The molecule has 3 rings (SSSR count). The average Bonchev–Trinajstić information content (AvgIpc) is 3.34. The summed E-state index contributed by atoms with van der Waals surface area (Å²) < 4.78 is 7.09. The van der Waals surface area contributed by atoms with Crippen LogP contribution < -0.4 is 0 Å². The van der Waals surface area contributed by atoms with Crippen molar-refractivity contribution < 1.29 is 14.4 Å². The highest BCUT2D eigenvalue weighted by atomic mass is 16.6. The summed E-state index contributed by atoms with van der Waals surface area (Å²) in [5.74, 6) is 0.258. The molecule has 1 atom stereocenters. The van der Waals surface area contributed by atoms with Crippen molar-refractivity contribution in [3.63, 3.8) is 0 Å². The van der Waals surface area contributed by atoms with Gasteiger partial charge in [-0.15, -0.1) is 0 Å². The van der Waals surface area contributed by atoms with Gasteiger partial charge in [0.2, 0.25) is 0 Å². The van der Waals surface area contributed by atoms with Gasteiger partial charge in [-0.1, -0.05) is 30.5 Å². The monoisotopic (exact) mass is 426 g/mol. The third kappa shape index (κ3) is 7.49. The topological polar surface area (TPSA) is 78.6 Å². The quantitative estimate of drug-likeness (QED) is 0.212. The minimum Gasteiger partial charge on any atom is -0.466 e. The number of hydrogen-bond acceptors (Lipinski definition) is 6. The fourth-order valence-corrected chi connectivity index (χ4v) is 4.13. The first kappa shape index (κ1) is 23.0. The molecule has 0 amide bonds. The first-order chi connectivity index (χ1) is 15.3. The van der Waals surface area contributed by atoms with Crippen molar-refractivity contribution in [3.05, 3.63) is 48.8 Å². The zero-order chi connectivity index (χ0) is 21.7. The predicted octanol–water partition coefficient (Wildman–Crippen LogP) is 4.75. The van der Waals surface area contributed by atoms with E-state index in [1.54, 1.807) is 6.20 Å². The standard InChI is InChI=1S/C24H34N4O3/c1-2-30-23(29)13-7-9-17-31-27-24(20-10-4-3-5-11-20)22(28-16-15-25-19-28)18-21-12-6-8-14-26-21/h6,8,12,14-16,19-20,22H,2-5,7,9-11,13,17-18H2,1H3/b27-24+. The number of pyridine rings is 1. The van der Waals surface area contributed by atoms with Crippen molar-refractivity contribution in [1.29, 1.82) is 0 Å². The molecule has 0 aliphatic heterocycles. The third-order valence-electron chi connectivity index (χ3n) is 5.72. The van der Waals surface area contributed by atoms with Crippen LogP contribution in [0, 0.1) is 5.92 Å². The van der Waals surface area contributed by atoms with E-state index >= 15 is 0 Å². The Balaban J connectivity index is 1.69. The molecule has 0 bridgehead atoms. The fourth-order valence-electron chi connectivity index (χ4n) is 4.13. The molecule has 2 aromatic rings. The second-order valence-corrected chi connectivity index (χ2v) is 8.00. The minimum absolute atomic E-state index is 0.0278. The van der Waals surface area contributed by atoms with Crippen LogP contribution in [0.3, 0.4) is 0 Å². The van der Waals surface area contributed by atoms with E-state index in [-0.39, 0.29) is 12.0 Å². The normalized spacial score (nSPS) is 16.1. The Morgan fingerprint density at radius 2 is 2.10 bits per heavy atom. The zero-order valence-corrected chi connectivity index (χ0v) is 18.5. The van der Waals surface area contributed by atoms with Crippen LogP contribution in [0.4, 0.5) is 0 Å². The molecular weight excluding hydrogens is 392 g/mol. The Morgan fingerprint density at radius 1 is 1.23 bits per heavy atom. The maximum atomic E-state index is 11.5. The van der Waals surface area contributed by atoms with Gasteiger partial charge in [0, 0.05) is 43.0 Å². The van der Waals surface area contributed by atoms with Crippen LogP contribution in [0.2, 0.25) is 0 Å². The van der Waals surface area contributed by atoms with Gasteiger partial charge < -0.3 is 14.1 Å². The smallest absolute Gasteiger partial charge is 0.305 e. The second-order valence-electron chi connectivity index (χ2n) is 8.00. The molecule has 7 heteroatoms. The van der Waals surface area contributed by atoms with E-state index in [0.29, 0.717) is 25.6 Å². The Labute approximate surface area is 184 Å². The number of unbranched alkanes of at least 4 members (excludes halogenated alkanes) is 1. The van der Waals surface area contributed by atoms with Gasteiger partial charge in [-0.05, 0) is 44.7 Å². The van der Waals surface area contributed by atoms with Crippen LogP contribution in [-0.4, -0.2) is 39.4 Å². The molecule has 0 saturated heterocycles. The number of carbonyl (C=O) groups is 1. The summed E-state index contributed by atoms with van der Waals surface area (Å²) in [4.78, 5) is 26.1. The lowest BCUT2D eigenvalue weighted by Crippen LogP contribution is -2.30. The molecule has 168 valence electrons. The molecule has 0 spiro atoms. The molecule has 1 aliphatic rings. The SMILES string of the molecule is CCOC(=O)CCCCO/N=C(\C1CCCCC1)C(Cc1ccccn1)n1ccnc1. The van der Waals surface area contributed by atoms with Gasteiger partial charge in [0.25, 0.3) is 0 Å². The lowest BCUT2D eigenvalue weighted by atomic mass is 9.82. The van der Waals surface area contributed by atoms with Gasteiger partial charge in [0.15, 0.2) is 0 Å². The van der Waals surface area contributed by atoms with E-state index in [0.717, 1.165) is 43.5 Å². The number of oxime groups is 1. The maximum Gasteiger partial charge on any atom is 0.305 e. The zero-order valence-electron chi connectivity index (χ0n) is 18.5. The van der Waals surface area contributed by atoms with Crippen molar-refractivity contribution in [3.8, 4) is 0 Å². The lowest BCUT2D eigenvalue weighted by Gasteiger charge is -2.29. The highest BCUT2D eigenvalue weighted by Crippen LogP contribution is 2.31. The van der Waals surface area contributed by atoms with Crippen molar-refractivity contribution in [2.24, 2.45) is 11.1 Å². The first-order valence-electron chi connectivity index (χ1n) is 11.5. The fraction of sp³-hybridized carbons (Fsp3) is 0.583. The Bertz CT molecular complexity index is 786. The number of carbonyl (C=O) groups excluding carboxylic acids is 1. The van der Waals surface area contributed by atoms with Crippen molar-refractivity contribution >= 4 is 11.7 Å². The number of imidazole rings is 1. The second kappa shape index (κ2) is 12.9. The number of nitrogens with zero attached hydrogens (tertiary/aromatic N) is 4. The largest absolute Gasteiger partial charge is 0.466 e. The van der Waals surface area contributed by atoms with Gasteiger partial charge in [0.1, 0.15) is 6.61 Å². The van der Waals surface area contributed by atoms with Gasteiger partial charge in [0.05, 0.1) is 24.7 Å². The molecule has 0 aromatic carbocycles. The number of rotatable bonds is 12. The molecule has 1 fully saturated rings. The van der Waals surface area contributed by atoms with Crippen LogP contribution in [0.25, 0.3) is 0 Å². The highest BCUT2D eigenvalue weighted by molar-refractivity contribution is 5.90. The lowest BCUT2D eigenvalue weighted by molar-refractivity contribution is -0.143. The summed E-state index contributed by atoms with van der Waals surface area (Å²) in [6.45, 7) is 2.75. The van der Waals surface area contributed by atoms with Crippen LogP contribution in [0.15, 0.2) is 48.3 Å². The molecule has 1 unspecified atom stereocenters. The van der Waals surface area contributed by atoms with Crippen LogP contribution in [0.5, 0.6) is 0 Å². The molecular formula is C24H34N4O3. The van der Waals surface area contributed by atoms with E-state index in [9.17, 15) is 4.79 Å². The maximum absolute atomic E-state index is 11.5. The van der Waals surface area contributed by atoms with Gasteiger partial charge >= 0.3 is 5.97 Å². The molecule has 0 radical (unpaired) electrons. The van der Waals surface area contributed by atoms with Crippen molar-refractivity contribution in [2.45, 2.75) is 70.8 Å². The van der Waals surface area contributed by atoms with Crippen LogP contribution in [-0.2, 0) is 20.8 Å². The molecule has 31 heavy (non-hydrogen) atoms. The summed E-state index contributed by atoms with van der Waals surface area (Å²) in [6.07, 6.45) is 16.2. The van der Waals surface area contributed by atoms with Gasteiger partial charge in [-0.3, -0.25) is 9.78 Å². The summed E-state index contributed by atoms with van der Waals surface area (Å²) in [5.41, 5.74) is 2.10. The van der Waals surface area contributed by atoms with E-state index in [2.05, 4.69) is 25.8 Å². The van der Waals surface area contributed by atoms with E-state index in [1.807, 2.05) is 37.8 Å². The number of esters is 1. The molecule has 1 aliphatic carbocycles. The van der Waals surface area contributed by atoms with E-state index in [1.165, 1.54) is 19.3 Å². The highest BCUT2D eigenvalue weighted by Gasteiger charge is 2.29. The minimum atomic E-state index is -0.149. The Morgan fingerprint density at radius 3 is 2.81 bits per heavy atom. The Hall–Kier alpha value is -2.70. The molecule has 7 nitrogen and oxygen atoms in total. The summed E-state index contributed by atoms with van der Waals surface area (Å²) >= 11 is 0. The number of ether oxygens (including phenoxy) is 1. The molecule has 1 saturated carbocycles. The summed E-state index contributed by atoms with van der Waals surface area (Å²) in [6, 6.07) is 6.04. The van der Waals surface area contributed by atoms with Crippen molar-refractivity contribution in [1.82, 2.24) is 14.5 Å². The first-order valence-corrected chi connectivity index (χ1v) is 11.5. The van der Waals surface area contributed by atoms with E-state index < -0.39 is 0 Å². The van der Waals surface area contributed by atoms with Crippen LogP contribution in [0.1, 0.15) is 70.0 Å². The Kier molecular flexibility index (Phi) is 9.54. The van der Waals surface area contributed by atoms with E-state index in [4.69, 9.17) is 9.57 Å². The summed E-state index contributed by atoms with van der Waals surface area (Å²) in [5, 5.41) is 4.68. The number of hydrogen-bond donors (Lipinski definition) is 0. The van der Waals surface area contributed by atoms with Crippen molar-refractivity contribution in [2.75, 3.05) is 13.2 Å². The predicted molar refractivity (Wildman–Crippen MR) is 120 cm³/mol. The molecule has 2 heterocycles. The average molecular weight is 427 g/mol. The van der Waals surface area contributed by atoms with Gasteiger partial charge in [-0.2, -0.15) is 0 Å². The molecule has 0 N–H and O–H groups in total. The van der Waals surface area contributed by atoms with Crippen LogP contribution >= 0.6 is 0 Å². The summed E-state index contributed by atoms with van der Waals surface area (Å²) in [7, 11) is 0. The molecule has 2 aromatic heterocycles. The number of aromatic nitrogens is 3. The van der Waals surface area contributed by atoms with Gasteiger partial charge in [-0.25, -0.2) is 4.98 Å².